The summed E-state index contributed by atoms with van der Waals surface area (Å²) in [4.78, 5) is 6.79. The monoisotopic (exact) mass is 295 g/mol. The lowest BCUT2D eigenvalue weighted by molar-refractivity contribution is 0.216. The first-order valence-corrected chi connectivity index (χ1v) is 8.50. The van der Waals surface area contributed by atoms with Crippen LogP contribution < -0.4 is 10.1 Å². The van der Waals surface area contributed by atoms with Gasteiger partial charge >= 0.3 is 0 Å². The van der Waals surface area contributed by atoms with E-state index in [0.29, 0.717) is 18.7 Å². The predicted molar refractivity (Wildman–Crippen MR) is 85.6 cm³/mol. The Balaban J connectivity index is 2.20. The van der Waals surface area contributed by atoms with E-state index in [0.717, 1.165) is 24.6 Å². The van der Waals surface area contributed by atoms with Gasteiger partial charge in [-0.05, 0) is 32.1 Å². The Morgan fingerprint density at radius 3 is 3.05 bits per heavy atom. The summed E-state index contributed by atoms with van der Waals surface area (Å²) in [7, 11) is 2.22. The molecular formula is C15H25N3OS. The van der Waals surface area contributed by atoms with E-state index in [2.05, 4.69) is 35.2 Å². The van der Waals surface area contributed by atoms with Gasteiger partial charge in [0.25, 0.3) is 0 Å². The number of thioether (sulfide) groups is 1. The van der Waals surface area contributed by atoms with E-state index in [1.54, 1.807) is 6.20 Å². The minimum absolute atomic E-state index is 0.311. The van der Waals surface area contributed by atoms with Crippen molar-refractivity contribution in [1.82, 2.24) is 15.2 Å². The molecule has 0 bridgehead atoms. The van der Waals surface area contributed by atoms with Crippen molar-refractivity contribution in [2.75, 3.05) is 38.2 Å². The van der Waals surface area contributed by atoms with Gasteiger partial charge in [0.2, 0.25) is 0 Å². The molecule has 2 heterocycles. The summed E-state index contributed by atoms with van der Waals surface area (Å²) < 4.78 is 5.58. The molecular weight excluding hydrogens is 270 g/mol. The molecule has 1 aliphatic heterocycles. The van der Waals surface area contributed by atoms with Crippen LogP contribution in [-0.4, -0.2) is 54.2 Å². The maximum absolute atomic E-state index is 5.58. The summed E-state index contributed by atoms with van der Waals surface area (Å²) in [6, 6.07) is 2.94. The minimum atomic E-state index is 0.311. The maximum atomic E-state index is 5.58. The highest BCUT2D eigenvalue weighted by molar-refractivity contribution is 7.99. The quantitative estimate of drug-likeness (QED) is 0.870. The molecule has 1 fully saturated rings. The second-order valence-corrected chi connectivity index (χ2v) is 6.20. The number of nitrogens with one attached hydrogen (secondary N) is 1. The van der Waals surface area contributed by atoms with E-state index < -0.39 is 0 Å². The Morgan fingerprint density at radius 1 is 1.50 bits per heavy atom. The summed E-state index contributed by atoms with van der Waals surface area (Å²) in [5.41, 5.74) is 1.22. The van der Waals surface area contributed by atoms with E-state index in [1.165, 1.54) is 11.3 Å². The molecule has 0 radical (unpaired) electrons. The largest absolute Gasteiger partial charge is 0.492 e. The van der Waals surface area contributed by atoms with E-state index in [9.17, 15) is 0 Å². The first kappa shape index (κ1) is 15.6. The van der Waals surface area contributed by atoms with Crippen molar-refractivity contribution in [3.63, 3.8) is 0 Å². The number of hydrogen-bond donors (Lipinski definition) is 1. The van der Waals surface area contributed by atoms with Crippen LogP contribution >= 0.6 is 11.8 Å². The minimum Gasteiger partial charge on any atom is -0.492 e. The lowest BCUT2D eigenvalue weighted by Gasteiger charge is -2.38. The molecule has 1 saturated heterocycles. The molecule has 20 heavy (non-hydrogen) atoms. The van der Waals surface area contributed by atoms with Crippen molar-refractivity contribution in [2.24, 2.45) is 0 Å². The number of pyridine rings is 1. The molecule has 2 unspecified atom stereocenters. The van der Waals surface area contributed by atoms with Crippen LogP contribution in [-0.2, 0) is 0 Å². The van der Waals surface area contributed by atoms with Gasteiger partial charge < -0.3 is 10.1 Å². The molecule has 112 valence electrons. The van der Waals surface area contributed by atoms with Gasteiger partial charge in [0.15, 0.2) is 0 Å². The highest BCUT2D eigenvalue weighted by Gasteiger charge is 2.29. The van der Waals surface area contributed by atoms with Crippen molar-refractivity contribution in [2.45, 2.75) is 25.9 Å². The van der Waals surface area contributed by atoms with Gasteiger partial charge in [0.05, 0.1) is 18.8 Å². The lowest BCUT2D eigenvalue weighted by atomic mass is 10.0. The highest BCUT2D eigenvalue weighted by Crippen LogP contribution is 2.28. The maximum Gasteiger partial charge on any atom is 0.137 e. The van der Waals surface area contributed by atoms with Crippen molar-refractivity contribution < 1.29 is 4.74 Å². The molecule has 0 aromatic carbocycles. The average Bonchev–Trinajstić information content (AvgIpc) is 2.46. The van der Waals surface area contributed by atoms with Crippen LogP contribution in [0.1, 0.15) is 25.5 Å². The Bertz CT molecular complexity index is 416. The highest BCUT2D eigenvalue weighted by atomic mass is 32.2. The molecule has 0 saturated carbocycles. The fourth-order valence-corrected chi connectivity index (χ4v) is 3.88. The molecule has 5 heteroatoms. The molecule has 1 N–H and O–H groups in total. The van der Waals surface area contributed by atoms with Gasteiger partial charge in [-0.1, -0.05) is 6.92 Å². The van der Waals surface area contributed by atoms with Gasteiger partial charge in [-0.15, -0.1) is 0 Å². The fourth-order valence-electron chi connectivity index (χ4n) is 2.60. The van der Waals surface area contributed by atoms with E-state index in [1.807, 2.05) is 24.9 Å². The molecule has 1 aliphatic rings. The zero-order chi connectivity index (χ0) is 14.4. The van der Waals surface area contributed by atoms with Crippen LogP contribution in [0.5, 0.6) is 5.75 Å². The predicted octanol–water partition coefficient (Wildman–Crippen LogP) is 2.18. The van der Waals surface area contributed by atoms with Gasteiger partial charge in [-0.2, -0.15) is 11.8 Å². The first-order chi connectivity index (χ1) is 9.76. The van der Waals surface area contributed by atoms with E-state index >= 15 is 0 Å². The molecule has 0 amide bonds. The third-order valence-corrected chi connectivity index (χ3v) is 4.70. The second kappa shape index (κ2) is 7.86. The Labute approximate surface area is 126 Å². The van der Waals surface area contributed by atoms with Crippen LogP contribution in [0.3, 0.4) is 0 Å². The molecule has 1 aromatic rings. The van der Waals surface area contributed by atoms with Gasteiger partial charge in [0.1, 0.15) is 5.75 Å². The topological polar surface area (TPSA) is 37.4 Å². The molecule has 0 aliphatic carbocycles. The Hall–Kier alpha value is -0.780. The average molecular weight is 295 g/mol. The zero-order valence-electron chi connectivity index (χ0n) is 12.6. The van der Waals surface area contributed by atoms with E-state index in [4.69, 9.17) is 4.74 Å². The number of aromatic nitrogens is 1. The third kappa shape index (κ3) is 3.87. The molecule has 2 rings (SSSR count). The van der Waals surface area contributed by atoms with Crippen LogP contribution in [0.15, 0.2) is 18.5 Å². The normalized spacial score (nSPS) is 21.6. The second-order valence-electron chi connectivity index (χ2n) is 5.05. The Kier molecular flexibility index (Phi) is 6.13. The summed E-state index contributed by atoms with van der Waals surface area (Å²) in [6.45, 7) is 6.94. The molecule has 2 atom stereocenters. The molecule has 1 aromatic heterocycles. The van der Waals surface area contributed by atoms with E-state index in [-0.39, 0.29) is 0 Å². The van der Waals surface area contributed by atoms with Crippen molar-refractivity contribution in [3.05, 3.63) is 24.0 Å². The third-order valence-electron chi connectivity index (χ3n) is 3.66. The van der Waals surface area contributed by atoms with Crippen LogP contribution in [0.4, 0.5) is 0 Å². The first-order valence-electron chi connectivity index (χ1n) is 7.35. The molecule has 0 spiro atoms. The van der Waals surface area contributed by atoms with Crippen molar-refractivity contribution in [3.8, 4) is 5.75 Å². The molecule has 4 nitrogen and oxygen atoms in total. The van der Waals surface area contributed by atoms with Crippen LogP contribution in [0.2, 0.25) is 0 Å². The van der Waals surface area contributed by atoms with Crippen LogP contribution in [0.25, 0.3) is 0 Å². The number of hydrogen-bond acceptors (Lipinski definition) is 5. The smallest absolute Gasteiger partial charge is 0.137 e. The van der Waals surface area contributed by atoms with Gasteiger partial charge in [-0.25, -0.2) is 0 Å². The summed E-state index contributed by atoms with van der Waals surface area (Å²) in [5, 5.41) is 3.62. The van der Waals surface area contributed by atoms with Gasteiger partial charge in [0, 0.05) is 30.3 Å². The van der Waals surface area contributed by atoms with Crippen molar-refractivity contribution >= 4 is 11.8 Å². The number of ether oxygens (including phenoxy) is 1. The fraction of sp³-hybridized carbons (Fsp3) is 0.667. The zero-order valence-corrected chi connectivity index (χ0v) is 13.4. The Morgan fingerprint density at radius 2 is 2.35 bits per heavy atom. The summed E-state index contributed by atoms with van der Waals surface area (Å²) in [5.74, 6) is 3.25. The lowest BCUT2D eigenvalue weighted by Crippen LogP contribution is -2.47. The number of rotatable bonds is 6. The van der Waals surface area contributed by atoms with Crippen LogP contribution in [0, 0.1) is 0 Å². The van der Waals surface area contributed by atoms with Crippen molar-refractivity contribution in [1.29, 1.82) is 0 Å². The number of likely N-dealkylation sites (N-methyl/N-ethyl adjacent to an activating group) is 2. The standard InChI is InChI=1S/C15H25N3OS/c1-4-17-15(14-11-20-7-6-18(14)3)12-8-13(19-5-2)10-16-9-12/h8-10,14-15,17H,4-7,11H2,1-3H3. The van der Waals surface area contributed by atoms with Gasteiger partial charge in [-0.3, -0.25) is 9.88 Å². The SMILES string of the molecule is CCNC(c1cncc(OCC)c1)C1CSCCN1C. The summed E-state index contributed by atoms with van der Waals surface area (Å²) >= 11 is 2.04. The number of nitrogens with zero attached hydrogens (tertiary/aromatic N) is 2. The summed E-state index contributed by atoms with van der Waals surface area (Å²) in [6.07, 6.45) is 3.75.